The highest BCUT2D eigenvalue weighted by Crippen LogP contribution is 2.09. The van der Waals surface area contributed by atoms with Crippen molar-refractivity contribution >= 4 is 17.5 Å². The summed E-state index contributed by atoms with van der Waals surface area (Å²) in [7, 11) is 0. The minimum atomic E-state index is -0.169. The Bertz CT molecular complexity index is 223. The molecule has 0 aliphatic carbocycles. The normalized spacial score (nSPS) is 12.3. The fraction of sp³-hybridized carbons (Fsp3) is 0.800. The number of hydrogen-bond donors (Lipinski definition) is 0. The molecular weight excluding hydrogens is 200 g/mol. The second-order valence-electron chi connectivity index (χ2n) is 3.59. The predicted molar refractivity (Wildman–Crippen MR) is 57.0 cm³/mol. The van der Waals surface area contributed by atoms with Crippen molar-refractivity contribution in [1.82, 2.24) is 4.90 Å². The van der Waals surface area contributed by atoms with E-state index in [1.807, 2.05) is 19.9 Å². The fourth-order valence-electron chi connectivity index (χ4n) is 1.14. The molecule has 4 heteroatoms. The van der Waals surface area contributed by atoms with Crippen molar-refractivity contribution in [2.75, 3.05) is 12.4 Å². The van der Waals surface area contributed by atoms with Gasteiger partial charge in [0, 0.05) is 24.4 Å². The van der Waals surface area contributed by atoms with Crippen LogP contribution in [0.4, 0.5) is 0 Å². The third-order valence-corrected chi connectivity index (χ3v) is 2.49. The molecule has 0 rings (SSSR count). The number of nitrogens with zero attached hydrogens (tertiary/aromatic N) is 2. The summed E-state index contributed by atoms with van der Waals surface area (Å²) < 4.78 is 0. The lowest BCUT2D eigenvalue weighted by Crippen LogP contribution is -2.41. The van der Waals surface area contributed by atoms with Crippen LogP contribution in [0.3, 0.4) is 0 Å². The van der Waals surface area contributed by atoms with Crippen molar-refractivity contribution < 1.29 is 4.79 Å². The lowest BCUT2D eigenvalue weighted by atomic mass is 10.1. The van der Waals surface area contributed by atoms with Gasteiger partial charge in [-0.1, -0.05) is 6.92 Å². The maximum absolute atomic E-state index is 11.8. The average Bonchev–Trinajstić information content (AvgIpc) is 2.16. The molecule has 0 aromatic heterocycles. The number of rotatable bonds is 5. The van der Waals surface area contributed by atoms with Crippen molar-refractivity contribution in [2.45, 2.75) is 33.2 Å². The Morgan fingerprint density at radius 2 is 2.07 bits per heavy atom. The first-order chi connectivity index (χ1) is 6.54. The number of hydrogen-bond acceptors (Lipinski definition) is 2. The Kier molecular flexibility index (Phi) is 6.31. The molecule has 0 aromatic carbocycles. The van der Waals surface area contributed by atoms with Gasteiger partial charge in [0.2, 0.25) is 5.91 Å². The van der Waals surface area contributed by atoms with Crippen molar-refractivity contribution in [3.63, 3.8) is 0 Å². The van der Waals surface area contributed by atoms with Gasteiger partial charge in [-0.25, -0.2) is 0 Å². The minimum Gasteiger partial charge on any atom is -0.339 e. The second kappa shape index (κ2) is 6.67. The van der Waals surface area contributed by atoms with Crippen LogP contribution in [0.15, 0.2) is 0 Å². The smallest absolute Gasteiger partial charge is 0.226 e. The summed E-state index contributed by atoms with van der Waals surface area (Å²) in [6.07, 6.45) is 0.374. The molecule has 0 N–H and O–H groups in total. The first-order valence-corrected chi connectivity index (χ1v) is 5.31. The van der Waals surface area contributed by atoms with Crippen LogP contribution in [0.1, 0.15) is 27.2 Å². The van der Waals surface area contributed by atoms with Gasteiger partial charge in [0.25, 0.3) is 0 Å². The monoisotopic (exact) mass is 216 g/mol. The first kappa shape index (κ1) is 13.2. The Hall–Kier alpha value is -0.750. The highest BCUT2D eigenvalue weighted by molar-refractivity contribution is 6.19. The molecular formula is C10H17ClN2O. The van der Waals surface area contributed by atoms with Gasteiger partial charge < -0.3 is 4.90 Å². The zero-order valence-corrected chi connectivity index (χ0v) is 9.71. The number of amides is 1. The van der Waals surface area contributed by atoms with Gasteiger partial charge in [0.1, 0.15) is 0 Å². The summed E-state index contributed by atoms with van der Waals surface area (Å²) in [6.45, 7) is 6.18. The summed E-state index contributed by atoms with van der Waals surface area (Å²) >= 11 is 5.62. The largest absolute Gasteiger partial charge is 0.339 e. The molecule has 80 valence electrons. The summed E-state index contributed by atoms with van der Waals surface area (Å²) in [4.78, 5) is 13.5. The molecule has 3 nitrogen and oxygen atoms in total. The third-order valence-electron chi connectivity index (χ3n) is 2.02. The van der Waals surface area contributed by atoms with Gasteiger partial charge >= 0.3 is 0 Å². The molecule has 0 heterocycles. The Labute approximate surface area is 90.6 Å². The standard InChI is InChI=1S/C10H17ClN2O/c1-8(2)13(6-4-5-12)10(14)9(3)7-11/h8-9H,4,6-7H2,1-3H3. The molecule has 0 saturated carbocycles. The number of halogens is 1. The van der Waals surface area contributed by atoms with Crippen molar-refractivity contribution in [2.24, 2.45) is 5.92 Å². The summed E-state index contributed by atoms with van der Waals surface area (Å²) in [5, 5.41) is 8.46. The van der Waals surface area contributed by atoms with E-state index in [-0.39, 0.29) is 17.9 Å². The number of nitriles is 1. The van der Waals surface area contributed by atoms with Crippen LogP contribution in [0, 0.1) is 17.2 Å². The van der Waals surface area contributed by atoms with E-state index in [0.717, 1.165) is 0 Å². The zero-order valence-electron chi connectivity index (χ0n) is 8.96. The van der Waals surface area contributed by atoms with Crippen molar-refractivity contribution in [3.8, 4) is 6.07 Å². The maximum atomic E-state index is 11.8. The fourth-order valence-corrected chi connectivity index (χ4v) is 1.27. The summed E-state index contributed by atoms with van der Waals surface area (Å²) in [5.74, 6) is 0.192. The topological polar surface area (TPSA) is 44.1 Å². The minimum absolute atomic E-state index is 0.0326. The first-order valence-electron chi connectivity index (χ1n) is 4.78. The molecule has 14 heavy (non-hydrogen) atoms. The molecule has 0 saturated heterocycles. The molecule has 0 aromatic rings. The lowest BCUT2D eigenvalue weighted by Gasteiger charge is -2.28. The van der Waals surface area contributed by atoms with Crippen molar-refractivity contribution in [1.29, 1.82) is 5.26 Å². The Balaban J connectivity index is 4.34. The van der Waals surface area contributed by atoms with E-state index in [4.69, 9.17) is 16.9 Å². The molecule has 0 aliphatic rings. The van der Waals surface area contributed by atoms with Gasteiger partial charge in [-0.2, -0.15) is 5.26 Å². The highest BCUT2D eigenvalue weighted by Gasteiger charge is 2.21. The highest BCUT2D eigenvalue weighted by atomic mass is 35.5. The molecule has 1 unspecified atom stereocenters. The van der Waals surface area contributed by atoms with E-state index in [9.17, 15) is 4.79 Å². The molecule has 1 atom stereocenters. The van der Waals surface area contributed by atoms with Crippen molar-refractivity contribution in [3.05, 3.63) is 0 Å². The zero-order chi connectivity index (χ0) is 11.1. The Morgan fingerprint density at radius 3 is 2.43 bits per heavy atom. The van der Waals surface area contributed by atoms with E-state index in [1.54, 1.807) is 11.8 Å². The van der Waals surface area contributed by atoms with Gasteiger partial charge in [-0.05, 0) is 13.8 Å². The number of alkyl halides is 1. The summed E-state index contributed by atoms with van der Waals surface area (Å²) in [6, 6.07) is 2.16. The van der Waals surface area contributed by atoms with E-state index in [1.165, 1.54) is 0 Å². The molecule has 0 fully saturated rings. The van der Waals surface area contributed by atoms with Crippen LogP contribution < -0.4 is 0 Å². The second-order valence-corrected chi connectivity index (χ2v) is 3.90. The van der Waals surface area contributed by atoms with Gasteiger partial charge in [0.05, 0.1) is 12.5 Å². The van der Waals surface area contributed by atoms with Gasteiger partial charge in [-0.3, -0.25) is 4.79 Å². The Morgan fingerprint density at radius 1 is 1.50 bits per heavy atom. The van der Waals surface area contributed by atoms with E-state index < -0.39 is 0 Å². The maximum Gasteiger partial charge on any atom is 0.226 e. The van der Waals surface area contributed by atoms with E-state index >= 15 is 0 Å². The van der Waals surface area contributed by atoms with Gasteiger partial charge in [0.15, 0.2) is 0 Å². The molecule has 0 bridgehead atoms. The quantitative estimate of drug-likeness (QED) is 0.660. The average molecular weight is 217 g/mol. The van der Waals surface area contributed by atoms with Crippen LogP contribution >= 0.6 is 11.6 Å². The third kappa shape index (κ3) is 3.97. The van der Waals surface area contributed by atoms with Crippen LogP contribution in [-0.2, 0) is 4.79 Å². The summed E-state index contributed by atoms with van der Waals surface area (Å²) in [5.41, 5.74) is 0. The van der Waals surface area contributed by atoms with Crippen LogP contribution in [0.5, 0.6) is 0 Å². The number of carbonyl (C=O) groups is 1. The number of carbonyl (C=O) groups excluding carboxylic acids is 1. The lowest BCUT2D eigenvalue weighted by molar-refractivity contribution is -0.135. The molecule has 0 spiro atoms. The van der Waals surface area contributed by atoms with Crippen LogP contribution in [0.25, 0.3) is 0 Å². The molecule has 0 aliphatic heterocycles. The van der Waals surface area contributed by atoms with Crippen LogP contribution in [0.2, 0.25) is 0 Å². The molecule has 1 amide bonds. The van der Waals surface area contributed by atoms with Gasteiger partial charge in [-0.15, -0.1) is 11.6 Å². The van der Waals surface area contributed by atoms with E-state index in [0.29, 0.717) is 18.8 Å². The van der Waals surface area contributed by atoms with Crippen LogP contribution in [-0.4, -0.2) is 29.3 Å². The predicted octanol–water partition coefficient (Wildman–Crippen LogP) is 2.01. The van der Waals surface area contributed by atoms with E-state index in [2.05, 4.69) is 0 Å². The molecule has 0 radical (unpaired) electrons. The SMILES string of the molecule is CC(CCl)C(=O)N(CCC#N)C(C)C.